The lowest BCUT2D eigenvalue weighted by atomic mass is 10.3. The van der Waals surface area contributed by atoms with Crippen LogP contribution in [0.15, 0.2) is 36.9 Å². The van der Waals surface area contributed by atoms with Gasteiger partial charge >= 0.3 is 0 Å². The first-order valence-electron chi connectivity index (χ1n) is 6.60. The van der Waals surface area contributed by atoms with Gasteiger partial charge in [-0.3, -0.25) is 9.67 Å². The van der Waals surface area contributed by atoms with Crippen LogP contribution in [0.3, 0.4) is 0 Å². The van der Waals surface area contributed by atoms with Gasteiger partial charge in [0, 0.05) is 19.3 Å². The number of hydrogen-bond donors (Lipinski definition) is 3. The zero-order valence-corrected chi connectivity index (χ0v) is 13.8. The topological polar surface area (TPSA) is 66.9 Å². The minimum Gasteiger partial charge on any atom is -0.486 e. The van der Waals surface area contributed by atoms with E-state index in [0.717, 1.165) is 17.3 Å². The summed E-state index contributed by atoms with van der Waals surface area (Å²) in [6.45, 7) is 4.62. The molecule has 0 unspecified atom stereocenters. The van der Waals surface area contributed by atoms with E-state index in [-0.39, 0.29) is 0 Å². The molecule has 2 rings (SSSR count). The van der Waals surface area contributed by atoms with Crippen LogP contribution in [0.1, 0.15) is 5.82 Å². The molecular formula is C14H17N5OS2. The maximum atomic E-state index is 5.72. The lowest BCUT2D eigenvalue weighted by Gasteiger charge is -2.09. The minimum atomic E-state index is 0.322. The van der Waals surface area contributed by atoms with E-state index in [1.807, 2.05) is 28.8 Å². The van der Waals surface area contributed by atoms with Gasteiger partial charge in [0.2, 0.25) is 0 Å². The minimum absolute atomic E-state index is 0.322. The Labute approximate surface area is 139 Å². The molecule has 0 aliphatic carbocycles. The summed E-state index contributed by atoms with van der Waals surface area (Å²) in [5.74, 6) is 1.46. The van der Waals surface area contributed by atoms with Crippen LogP contribution in [0.5, 0.6) is 5.75 Å². The second-order valence-electron chi connectivity index (χ2n) is 4.36. The molecule has 22 heavy (non-hydrogen) atoms. The highest BCUT2D eigenvalue weighted by Gasteiger charge is 2.06. The van der Waals surface area contributed by atoms with Gasteiger partial charge in [0.25, 0.3) is 0 Å². The van der Waals surface area contributed by atoms with E-state index in [1.54, 1.807) is 13.1 Å². The van der Waals surface area contributed by atoms with Gasteiger partial charge in [-0.1, -0.05) is 6.08 Å². The summed E-state index contributed by atoms with van der Waals surface area (Å²) < 4.78 is 8.11. The lowest BCUT2D eigenvalue weighted by Crippen LogP contribution is -2.23. The number of aromatic nitrogens is 3. The number of thiocarbonyl (C=S) groups is 1. The maximum Gasteiger partial charge on any atom is 0.195 e. The zero-order valence-electron chi connectivity index (χ0n) is 12.1. The van der Waals surface area contributed by atoms with Gasteiger partial charge in [-0.05, 0) is 48.7 Å². The van der Waals surface area contributed by atoms with Crippen molar-refractivity contribution in [1.29, 1.82) is 0 Å². The van der Waals surface area contributed by atoms with Crippen molar-refractivity contribution in [3.8, 4) is 5.75 Å². The fourth-order valence-electron chi connectivity index (χ4n) is 1.75. The maximum absolute atomic E-state index is 5.72. The Morgan fingerprint density at radius 1 is 1.45 bits per heavy atom. The molecule has 0 fully saturated rings. The molecule has 8 heteroatoms. The largest absolute Gasteiger partial charge is 0.486 e. The van der Waals surface area contributed by atoms with Crippen LogP contribution in [0.2, 0.25) is 0 Å². The molecule has 0 atom stereocenters. The van der Waals surface area contributed by atoms with Crippen molar-refractivity contribution < 1.29 is 4.74 Å². The van der Waals surface area contributed by atoms with Gasteiger partial charge in [-0.2, -0.15) is 5.10 Å². The molecule has 6 nitrogen and oxygen atoms in total. The third kappa shape index (κ3) is 4.15. The predicted molar refractivity (Wildman–Crippen MR) is 93.7 cm³/mol. The molecule has 0 saturated heterocycles. The van der Waals surface area contributed by atoms with E-state index in [2.05, 4.69) is 27.4 Å². The number of anilines is 1. The second kappa shape index (κ2) is 7.71. The highest BCUT2D eigenvalue weighted by atomic mass is 32.1. The Bertz CT molecular complexity index is 705. The molecule has 116 valence electrons. The molecule has 3 N–H and O–H groups in total. The van der Waals surface area contributed by atoms with Crippen LogP contribution in [0.25, 0.3) is 0 Å². The Morgan fingerprint density at radius 3 is 2.82 bits per heavy atom. The zero-order chi connectivity index (χ0) is 15.9. The SMILES string of the molecule is C=CCn1c(COc2ccc(NC(=S)NC)cc2)n[nH]c1=S. The van der Waals surface area contributed by atoms with E-state index in [9.17, 15) is 0 Å². The van der Waals surface area contributed by atoms with E-state index in [4.69, 9.17) is 29.2 Å². The molecule has 1 aromatic heterocycles. The molecular weight excluding hydrogens is 318 g/mol. The first kappa shape index (κ1) is 16.2. The fraction of sp³-hybridized carbons (Fsp3) is 0.214. The number of ether oxygens (including phenoxy) is 1. The van der Waals surface area contributed by atoms with Crippen LogP contribution in [0.4, 0.5) is 5.69 Å². The Kier molecular flexibility index (Phi) is 5.68. The van der Waals surface area contributed by atoms with E-state index < -0.39 is 0 Å². The second-order valence-corrected chi connectivity index (χ2v) is 5.16. The number of H-pyrrole nitrogens is 1. The van der Waals surface area contributed by atoms with Crippen LogP contribution < -0.4 is 15.4 Å². The van der Waals surface area contributed by atoms with Gasteiger partial charge in [-0.15, -0.1) is 6.58 Å². The van der Waals surface area contributed by atoms with Crippen molar-refractivity contribution in [2.75, 3.05) is 12.4 Å². The molecule has 0 amide bonds. The van der Waals surface area contributed by atoms with Gasteiger partial charge in [0.05, 0.1) is 0 Å². The molecule has 0 saturated carbocycles. The standard InChI is InChI=1S/C14H17N5OS2/c1-3-8-19-12(17-18-14(19)22)9-20-11-6-4-10(5-7-11)16-13(21)15-2/h3-7H,1,8-9H2,2H3,(H,18,22)(H2,15,16,21). The molecule has 1 heterocycles. The van der Waals surface area contributed by atoms with Crippen LogP contribution >= 0.6 is 24.4 Å². The van der Waals surface area contributed by atoms with Crippen LogP contribution in [-0.4, -0.2) is 26.9 Å². The normalized spacial score (nSPS) is 10.0. The number of aromatic amines is 1. The van der Waals surface area contributed by atoms with E-state index in [1.165, 1.54) is 0 Å². The summed E-state index contributed by atoms with van der Waals surface area (Å²) in [6, 6.07) is 7.50. The first-order chi connectivity index (χ1) is 10.6. The van der Waals surface area contributed by atoms with Gasteiger partial charge < -0.3 is 15.4 Å². The molecule has 1 aromatic carbocycles. The van der Waals surface area contributed by atoms with E-state index in [0.29, 0.717) is 23.0 Å². The van der Waals surface area contributed by atoms with Crippen molar-refractivity contribution in [2.24, 2.45) is 0 Å². The number of rotatable bonds is 6. The van der Waals surface area contributed by atoms with Gasteiger partial charge in [0.1, 0.15) is 12.4 Å². The highest BCUT2D eigenvalue weighted by Crippen LogP contribution is 2.16. The van der Waals surface area contributed by atoms with Crippen molar-refractivity contribution >= 4 is 35.2 Å². The number of benzene rings is 1. The molecule has 0 spiro atoms. The van der Waals surface area contributed by atoms with E-state index >= 15 is 0 Å². The summed E-state index contributed by atoms with van der Waals surface area (Å²) >= 11 is 10.2. The Morgan fingerprint density at radius 2 is 2.18 bits per heavy atom. The summed E-state index contributed by atoms with van der Waals surface area (Å²) in [5.41, 5.74) is 0.890. The molecule has 0 radical (unpaired) electrons. The third-order valence-electron chi connectivity index (χ3n) is 2.86. The summed E-state index contributed by atoms with van der Waals surface area (Å²) in [6.07, 6.45) is 1.76. The molecule has 0 aliphatic rings. The van der Waals surface area contributed by atoms with Crippen LogP contribution in [0, 0.1) is 4.77 Å². The third-order valence-corrected chi connectivity index (χ3v) is 3.47. The van der Waals surface area contributed by atoms with Crippen LogP contribution in [-0.2, 0) is 13.2 Å². The molecule has 0 aliphatic heterocycles. The smallest absolute Gasteiger partial charge is 0.195 e. The molecule has 2 aromatic rings. The number of nitrogens with one attached hydrogen (secondary N) is 3. The van der Waals surface area contributed by atoms with Crippen molar-refractivity contribution in [2.45, 2.75) is 13.2 Å². The average molecular weight is 335 g/mol. The van der Waals surface area contributed by atoms with Crippen molar-refractivity contribution in [3.05, 3.63) is 47.5 Å². The number of hydrogen-bond acceptors (Lipinski definition) is 4. The predicted octanol–water partition coefficient (Wildman–Crippen LogP) is 2.62. The van der Waals surface area contributed by atoms with Crippen molar-refractivity contribution in [3.63, 3.8) is 0 Å². The summed E-state index contributed by atoms with van der Waals surface area (Å²) in [7, 11) is 1.77. The fourth-order valence-corrected chi connectivity index (χ4v) is 2.10. The lowest BCUT2D eigenvalue weighted by molar-refractivity contribution is 0.290. The number of nitrogens with zero attached hydrogens (tertiary/aromatic N) is 2. The van der Waals surface area contributed by atoms with Gasteiger partial charge in [-0.25, -0.2) is 0 Å². The highest BCUT2D eigenvalue weighted by molar-refractivity contribution is 7.80. The van der Waals surface area contributed by atoms with Gasteiger partial charge in [0.15, 0.2) is 15.7 Å². The Balaban J connectivity index is 1.98. The Hall–Kier alpha value is -2.19. The molecule has 0 bridgehead atoms. The first-order valence-corrected chi connectivity index (χ1v) is 7.42. The summed E-state index contributed by atoms with van der Waals surface area (Å²) in [4.78, 5) is 0. The average Bonchev–Trinajstić information content (AvgIpc) is 2.87. The van der Waals surface area contributed by atoms with Crippen molar-refractivity contribution in [1.82, 2.24) is 20.1 Å². The summed E-state index contributed by atoms with van der Waals surface area (Å²) in [5, 5.41) is 13.4. The number of allylic oxidation sites excluding steroid dienone is 1. The quantitative estimate of drug-likeness (QED) is 0.557. The monoisotopic (exact) mass is 335 g/mol.